The standard InChI is InChI=1S/C12H12BrClN2O2/c1-17-9-3-2-7(14)6-8(9)12(16-15)10-4-5-11(13)18-10/h2-6,12,16H,15H2,1H3. The molecular weight excluding hydrogens is 320 g/mol. The average Bonchev–Trinajstić information content (AvgIpc) is 2.77. The Morgan fingerprint density at radius 2 is 2.17 bits per heavy atom. The van der Waals surface area contributed by atoms with Crippen molar-refractivity contribution in [3.05, 3.63) is 51.3 Å². The van der Waals surface area contributed by atoms with Crippen LogP contribution in [-0.2, 0) is 0 Å². The van der Waals surface area contributed by atoms with E-state index in [4.69, 9.17) is 26.6 Å². The van der Waals surface area contributed by atoms with Crippen LogP contribution in [0.5, 0.6) is 5.75 Å². The number of hydrazine groups is 1. The molecule has 96 valence electrons. The molecule has 2 aromatic rings. The van der Waals surface area contributed by atoms with E-state index in [1.54, 1.807) is 31.4 Å². The number of methoxy groups -OCH3 is 1. The van der Waals surface area contributed by atoms with Gasteiger partial charge in [0.05, 0.1) is 7.11 Å². The molecule has 0 aliphatic heterocycles. The molecule has 1 unspecified atom stereocenters. The third kappa shape index (κ3) is 2.70. The number of hydrogen-bond acceptors (Lipinski definition) is 4. The summed E-state index contributed by atoms with van der Waals surface area (Å²) in [6, 6.07) is 8.65. The Bertz CT molecular complexity index is 545. The van der Waals surface area contributed by atoms with E-state index in [-0.39, 0.29) is 6.04 Å². The molecule has 18 heavy (non-hydrogen) atoms. The van der Waals surface area contributed by atoms with E-state index in [9.17, 15) is 0 Å². The summed E-state index contributed by atoms with van der Waals surface area (Å²) in [5.41, 5.74) is 3.51. The van der Waals surface area contributed by atoms with Gasteiger partial charge in [-0.2, -0.15) is 0 Å². The first-order valence-corrected chi connectivity index (χ1v) is 6.37. The highest BCUT2D eigenvalue weighted by atomic mass is 79.9. The van der Waals surface area contributed by atoms with Crippen LogP contribution in [0.4, 0.5) is 0 Å². The molecule has 0 amide bonds. The summed E-state index contributed by atoms with van der Waals surface area (Å²) in [6.07, 6.45) is 0. The van der Waals surface area contributed by atoms with E-state index >= 15 is 0 Å². The van der Waals surface area contributed by atoms with E-state index in [1.165, 1.54) is 0 Å². The molecule has 4 nitrogen and oxygen atoms in total. The lowest BCUT2D eigenvalue weighted by atomic mass is 10.0. The normalized spacial score (nSPS) is 12.4. The lowest BCUT2D eigenvalue weighted by molar-refractivity contribution is 0.391. The van der Waals surface area contributed by atoms with Crippen LogP contribution in [0.25, 0.3) is 0 Å². The summed E-state index contributed by atoms with van der Waals surface area (Å²) in [7, 11) is 1.60. The van der Waals surface area contributed by atoms with Gasteiger partial charge < -0.3 is 9.15 Å². The van der Waals surface area contributed by atoms with E-state index in [1.807, 2.05) is 6.07 Å². The summed E-state index contributed by atoms with van der Waals surface area (Å²) in [5, 5.41) is 0.608. The van der Waals surface area contributed by atoms with Gasteiger partial charge in [0.25, 0.3) is 0 Å². The first-order chi connectivity index (χ1) is 8.65. The third-order valence-electron chi connectivity index (χ3n) is 2.55. The minimum Gasteiger partial charge on any atom is -0.496 e. The summed E-state index contributed by atoms with van der Waals surface area (Å²) in [4.78, 5) is 0. The predicted molar refractivity (Wildman–Crippen MR) is 73.6 cm³/mol. The molecule has 0 aliphatic carbocycles. The first kappa shape index (κ1) is 13.4. The van der Waals surface area contributed by atoms with Crippen LogP contribution < -0.4 is 16.0 Å². The number of ether oxygens (including phenoxy) is 1. The fourth-order valence-electron chi connectivity index (χ4n) is 1.74. The molecule has 0 spiro atoms. The quantitative estimate of drug-likeness (QED) is 0.667. The van der Waals surface area contributed by atoms with Gasteiger partial charge in [-0.05, 0) is 46.3 Å². The van der Waals surface area contributed by atoms with E-state index in [0.717, 1.165) is 5.56 Å². The summed E-state index contributed by atoms with van der Waals surface area (Å²) < 4.78 is 11.4. The number of nitrogens with one attached hydrogen (secondary N) is 1. The number of furan rings is 1. The molecule has 1 aromatic carbocycles. The SMILES string of the molecule is COc1ccc(Cl)cc1C(NN)c1ccc(Br)o1. The van der Waals surface area contributed by atoms with Crippen molar-refractivity contribution in [1.29, 1.82) is 0 Å². The van der Waals surface area contributed by atoms with Crippen LogP contribution >= 0.6 is 27.5 Å². The first-order valence-electron chi connectivity index (χ1n) is 5.20. The van der Waals surface area contributed by atoms with Crippen LogP contribution in [0.2, 0.25) is 5.02 Å². The molecule has 0 bridgehead atoms. The maximum atomic E-state index is 6.00. The zero-order valence-electron chi connectivity index (χ0n) is 9.61. The Hall–Kier alpha value is -1.01. The molecule has 1 heterocycles. The maximum Gasteiger partial charge on any atom is 0.169 e. The average molecular weight is 332 g/mol. The second-order valence-corrected chi connectivity index (χ2v) is 4.85. The topological polar surface area (TPSA) is 60.4 Å². The molecule has 1 atom stereocenters. The Labute approximate surface area is 118 Å². The van der Waals surface area contributed by atoms with Gasteiger partial charge in [-0.15, -0.1) is 0 Å². The third-order valence-corrected chi connectivity index (χ3v) is 3.21. The highest BCUT2D eigenvalue weighted by molar-refractivity contribution is 9.10. The maximum absolute atomic E-state index is 6.00. The number of hydrogen-bond donors (Lipinski definition) is 2. The molecule has 0 aliphatic rings. The summed E-state index contributed by atoms with van der Waals surface area (Å²) in [5.74, 6) is 6.96. The number of nitrogens with two attached hydrogens (primary N) is 1. The van der Waals surface area contributed by atoms with Crippen molar-refractivity contribution in [2.24, 2.45) is 5.84 Å². The second kappa shape index (κ2) is 5.75. The Morgan fingerprint density at radius 3 is 2.72 bits per heavy atom. The molecule has 2 rings (SSSR count). The Kier molecular flexibility index (Phi) is 4.29. The van der Waals surface area contributed by atoms with E-state index < -0.39 is 0 Å². The largest absolute Gasteiger partial charge is 0.496 e. The van der Waals surface area contributed by atoms with Gasteiger partial charge in [0.15, 0.2) is 4.67 Å². The molecule has 1 aromatic heterocycles. The zero-order chi connectivity index (χ0) is 13.1. The van der Waals surface area contributed by atoms with Crippen molar-refractivity contribution in [2.45, 2.75) is 6.04 Å². The van der Waals surface area contributed by atoms with E-state index in [2.05, 4.69) is 21.4 Å². The van der Waals surface area contributed by atoms with Crippen LogP contribution in [-0.4, -0.2) is 7.11 Å². The zero-order valence-corrected chi connectivity index (χ0v) is 12.0. The van der Waals surface area contributed by atoms with Gasteiger partial charge in [0, 0.05) is 10.6 Å². The summed E-state index contributed by atoms with van der Waals surface area (Å²) in [6.45, 7) is 0. The van der Waals surface area contributed by atoms with Crippen LogP contribution in [0.3, 0.4) is 0 Å². The Balaban J connectivity index is 2.47. The number of benzene rings is 1. The fourth-order valence-corrected chi connectivity index (χ4v) is 2.24. The van der Waals surface area contributed by atoms with Gasteiger partial charge in [0.2, 0.25) is 0 Å². The van der Waals surface area contributed by atoms with Crippen molar-refractivity contribution in [3.63, 3.8) is 0 Å². The van der Waals surface area contributed by atoms with Gasteiger partial charge in [0.1, 0.15) is 17.6 Å². The molecule has 0 saturated carbocycles. The minimum absolute atomic E-state index is 0.329. The van der Waals surface area contributed by atoms with Crippen molar-refractivity contribution in [1.82, 2.24) is 5.43 Å². The van der Waals surface area contributed by atoms with Gasteiger partial charge in [-0.1, -0.05) is 11.6 Å². The highest BCUT2D eigenvalue weighted by Gasteiger charge is 2.20. The lowest BCUT2D eigenvalue weighted by Gasteiger charge is -2.17. The second-order valence-electron chi connectivity index (χ2n) is 3.63. The number of rotatable bonds is 4. The predicted octanol–water partition coefficient (Wildman–Crippen LogP) is 3.26. The van der Waals surface area contributed by atoms with Crippen LogP contribution in [0.1, 0.15) is 17.4 Å². The Morgan fingerprint density at radius 1 is 1.39 bits per heavy atom. The minimum atomic E-state index is -0.329. The van der Waals surface area contributed by atoms with Gasteiger partial charge in [-0.25, -0.2) is 5.43 Å². The fraction of sp³-hybridized carbons (Fsp3) is 0.167. The monoisotopic (exact) mass is 330 g/mol. The van der Waals surface area contributed by atoms with Crippen LogP contribution in [0, 0.1) is 0 Å². The molecule has 3 N–H and O–H groups in total. The van der Waals surface area contributed by atoms with Crippen molar-refractivity contribution < 1.29 is 9.15 Å². The molecule has 0 saturated heterocycles. The van der Waals surface area contributed by atoms with Crippen molar-refractivity contribution in [2.75, 3.05) is 7.11 Å². The van der Waals surface area contributed by atoms with Gasteiger partial charge >= 0.3 is 0 Å². The smallest absolute Gasteiger partial charge is 0.169 e. The molecular formula is C12H12BrClN2O2. The van der Waals surface area contributed by atoms with Gasteiger partial charge in [-0.3, -0.25) is 5.84 Å². The molecule has 0 radical (unpaired) electrons. The lowest BCUT2D eigenvalue weighted by Crippen LogP contribution is -2.28. The summed E-state index contributed by atoms with van der Waals surface area (Å²) >= 11 is 9.26. The van der Waals surface area contributed by atoms with Crippen molar-refractivity contribution in [3.8, 4) is 5.75 Å². The highest BCUT2D eigenvalue weighted by Crippen LogP contribution is 2.33. The molecule has 0 fully saturated rings. The van der Waals surface area contributed by atoms with Crippen molar-refractivity contribution >= 4 is 27.5 Å². The molecule has 6 heteroatoms. The number of halogens is 2. The van der Waals surface area contributed by atoms with E-state index in [0.29, 0.717) is 21.2 Å². The van der Waals surface area contributed by atoms with Crippen LogP contribution in [0.15, 0.2) is 39.4 Å².